The standard InChI is InChI=1S/C16H26N6S/c1-3-17-16(18-10-5-7-13-23-2)19-11-9-15-21-20-14-8-4-6-12-22(14)15/h4,6,8,12H,3,5,7,9-11,13H2,1-2H3,(H2,17,18,19). The van der Waals surface area contributed by atoms with E-state index in [9.17, 15) is 0 Å². The van der Waals surface area contributed by atoms with Crippen LogP contribution in [-0.2, 0) is 6.42 Å². The third-order valence-corrected chi connectivity index (χ3v) is 4.09. The van der Waals surface area contributed by atoms with E-state index in [1.54, 1.807) is 0 Å². The van der Waals surface area contributed by atoms with Gasteiger partial charge >= 0.3 is 0 Å². The number of rotatable bonds is 9. The maximum Gasteiger partial charge on any atom is 0.191 e. The molecule has 0 aromatic carbocycles. The molecule has 0 aliphatic heterocycles. The number of guanidine groups is 1. The first-order valence-electron chi connectivity index (χ1n) is 8.15. The molecule has 0 fully saturated rings. The molecule has 0 saturated carbocycles. The van der Waals surface area contributed by atoms with Crippen LogP contribution in [0.4, 0.5) is 0 Å². The molecule has 6 nitrogen and oxygen atoms in total. The summed E-state index contributed by atoms with van der Waals surface area (Å²) in [5.74, 6) is 3.05. The molecular formula is C16H26N6S. The van der Waals surface area contributed by atoms with Crippen LogP contribution in [0.3, 0.4) is 0 Å². The average Bonchev–Trinajstić information content (AvgIpc) is 2.98. The minimum Gasteiger partial charge on any atom is -0.357 e. The first kappa shape index (κ1) is 17.6. The van der Waals surface area contributed by atoms with Crippen molar-refractivity contribution in [2.75, 3.05) is 31.6 Å². The van der Waals surface area contributed by atoms with Crippen LogP contribution >= 0.6 is 11.8 Å². The Labute approximate surface area is 142 Å². The number of fused-ring (bicyclic) bond motifs is 1. The fourth-order valence-corrected chi connectivity index (χ4v) is 2.74. The molecule has 2 heterocycles. The van der Waals surface area contributed by atoms with Crippen LogP contribution in [0.5, 0.6) is 0 Å². The third-order valence-electron chi connectivity index (χ3n) is 3.40. The minimum atomic E-state index is 0.784. The van der Waals surface area contributed by atoms with Gasteiger partial charge in [0, 0.05) is 32.3 Å². The smallest absolute Gasteiger partial charge is 0.191 e. The zero-order valence-corrected chi connectivity index (χ0v) is 14.8. The van der Waals surface area contributed by atoms with E-state index in [4.69, 9.17) is 0 Å². The molecule has 0 amide bonds. The summed E-state index contributed by atoms with van der Waals surface area (Å²) in [5.41, 5.74) is 0.886. The number of hydrogen-bond donors (Lipinski definition) is 2. The molecule has 0 bridgehead atoms. The third kappa shape index (κ3) is 5.74. The highest BCUT2D eigenvalue weighted by Crippen LogP contribution is 2.03. The van der Waals surface area contributed by atoms with Gasteiger partial charge in [0.2, 0.25) is 0 Å². The van der Waals surface area contributed by atoms with Crippen molar-refractivity contribution in [3.05, 3.63) is 30.2 Å². The van der Waals surface area contributed by atoms with Crippen molar-refractivity contribution < 1.29 is 0 Å². The topological polar surface area (TPSA) is 66.6 Å². The van der Waals surface area contributed by atoms with Gasteiger partial charge in [0.15, 0.2) is 11.6 Å². The molecule has 0 spiro atoms. The highest BCUT2D eigenvalue weighted by molar-refractivity contribution is 7.98. The van der Waals surface area contributed by atoms with Gasteiger partial charge in [-0.15, -0.1) is 10.2 Å². The molecule has 2 rings (SSSR count). The molecule has 7 heteroatoms. The first-order chi connectivity index (χ1) is 11.3. The monoisotopic (exact) mass is 334 g/mol. The SMILES string of the molecule is CCNC(=NCCCCSC)NCCc1nnc2ccccn12. The van der Waals surface area contributed by atoms with Gasteiger partial charge in [-0.3, -0.25) is 9.39 Å². The summed E-state index contributed by atoms with van der Waals surface area (Å²) in [6.45, 7) is 4.59. The zero-order valence-electron chi connectivity index (χ0n) is 14.0. The summed E-state index contributed by atoms with van der Waals surface area (Å²) >= 11 is 1.89. The number of nitrogens with one attached hydrogen (secondary N) is 2. The first-order valence-corrected chi connectivity index (χ1v) is 9.54. The summed E-state index contributed by atoms with van der Waals surface area (Å²) in [7, 11) is 0. The summed E-state index contributed by atoms with van der Waals surface area (Å²) in [5, 5.41) is 15.1. The maximum atomic E-state index is 4.61. The molecule has 126 valence electrons. The van der Waals surface area contributed by atoms with Crippen LogP contribution in [0.25, 0.3) is 5.65 Å². The second-order valence-electron chi connectivity index (χ2n) is 5.18. The second-order valence-corrected chi connectivity index (χ2v) is 6.17. The van der Waals surface area contributed by atoms with E-state index in [0.717, 1.165) is 49.9 Å². The lowest BCUT2D eigenvalue weighted by Crippen LogP contribution is -2.38. The highest BCUT2D eigenvalue weighted by atomic mass is 32.2. The minimum absolute atomic E-state index is 0.784. The van der Waals surface area contributed by atoms with Crippen molar-refractivity contribution in [3.8, 4) is 0 Å². The van der Waals surface area contributed by atoms with E-state index >= 15 is 0 Å². The van der Waals surface area contributed by atoms with Crippen LogP contribution in [0.1, 0.15) is 25.6 Å². The predicted molar refractivity (Wildman–Crippen MR) is 98.3 cm³/mol. The number of aliphatic imine (C=N–C) groups is 1. The number of thioether (sulfide) groups is 1. The van der Waals surface area contributed by atoms with Crippen molar-refractivity contribution >= 4 is 23.4 Å². The number of pyridine rings is 1. The molecule has 0 saturated heterocycles. The molecule has 0 aliphatic rings. The average molecular weight is 334 g/mol. The Balaban J connectivity index is 1.80. The molecule has 0 unspecified atom stereocenters. The van der Waals surface area contributed by atoms with Crippen molar-refractivity contribution in [1.82, 2.24) is 25.2 Å². The van der Waals surface area contributed by atoms with Crippen LogP contribution in [-0.4, -0.2) is 52.2 Å². The van der Waals surface area contributed by atoms with Gasteiger partial charge < -0.3 is 10.6 Å². The van der Waals surface area contributed by atoms with E-state index < -0.39 is 0 Å². The van der Waals surface area contributed by atoms with Crippen LogP contribution in [0.15, 0.2) is 29.4 Å². The van der Waals surface area contributed by atoms with Gasteiger partial charge in [0.1, 0.15) is 5.82 Å². The Bertz CT molecular complexity index is 609. The Morgan fingerprint density at radius 1 is 1.26 bits per heavy atom. The van der Waals surface area contributed by atoms with Gasteiger partial charge in [0.05, 0.1) is 0 Å². The maximum absolute atomic E-state index is 4.61. The number of aromatic nitrogens is 3. The van der Waals surface area contributed by atoms with Crippen molar-refractivity contribution in [1.29, 1.82) is 0 Å². The molecule has 0 atom stereocenters. The zero-order chi connectivity index (χ0) is 16.3. The normalized spacial score (nSPS) is 11.8. The van der Waals surface area contributed by atoms with Crippen molar-refractivity contribution in [2.45, 2.75) is 26.2 Å². The number of nitrogens with zero attached hydrogens (tertiary/aromatic N) is 4. The van der Waals surface area contributed by atoms with Crippen molar-refractivity contribution in [2.24, 2.45) is 4.99 Å². The quantitative estimate of drug-likeness (QED) is 0.417. The second kappa shape index (κ2) is 10.1. The fraction of sp³-hybridized carbons (Fsp3) is 0.562. The van der Waals surface area contributed by atoms with Crippen molar-refractivity contribution in [3.63, 3.8) is 0 Å². The van der Waals surface area contributed by atoms with Gasteiger partial charge in [-0.2, -0.15) is 11.8 Å². The predicted octanol–water partition coefficient (Wildman–Crippen LogP) is 1.97. The lowest BCUT2D eigenvalue weighted by molar-refractivity contribution is 0.750. The van der Waals surface area contributed by atoms with E-state index in [1.165, 1.54) is 12.2 Å². The Morgan fingerprint density at radius 2 is 2.17 bits per heavy atom. The Morgan fingerprint density at radius 3 is 3.00 bits per heavy atom. The summed E-state index contributed by atoms with van der Waals surface area (Å²) in [6.07, 6.45) is 7.29. The van der Waals surface area contributed by atoms with Crippen LogP contribution in [0, 0.1) is 0 Å². The van der Waals surface area contributed by atoms with Gasteiger partial charge in [0.25, 0.3) is 0 Å². The van der Waals surface area contributed by atoms with Gasteiger partial charge in [-0.25, -0.2) is 0 Å². The van der Waals surface area contributed by atoms with Gasteiger partial charge in [-0.05, 0) is 43.9 Å². The van der Waals surface area contributed by atoms with E-state index in [2.05, 4.69) is 39.0 Å². The van der Waals surface area contributed by atoms with E-state index in [-0.39, 0.29) is 0 Å². The van der Waals surface area contributed by atoms with Gasteiger partial charge in [-0.1, -0.05) is 6.07 Å². The lowest BCUT2D eigenvalue weighted by atomic mass is 10.3. The fourth-order valence-electron chi connectivity index (χ4n) is 2.24. The summed E-state index contributed by atoms with van der Waals surface area (Å²) in [6, 6.07) is 5.93. The Kier molecular flexibility index (Phi) is 7.72. The molecule has 2 N–H and O–H groups in total. The Hall–Kier alpha value is -1.76. The van der Waals surface area contributed by atoms with E-state index in [1.807, 2.05) is 40.6 Å². The summed E-state index contributed by atoms with van der Waals surface area (Å²) < 4.78 is 2.02. The van der Waals surface area contributed by atoms with Crippen LogP contribution in [0.2, 0.25) is 0 Å². The molecule has 23 heavy (non-hydrogen) atoms. The molecule has 2 aromatic heterocycles. The lowest BCUT2D eigenvalue weighted by Gasteiger charge is -2.10. The van der Waals surface area contributed by atoms with E-state index in [0.29, 0.717) is 0 Å². The molecule has 2 aromatic rings. The highest BCUT2D eigenvalue weighted by Gasteiger charge is 2.04. The molecular weight excluding hydrogens is 308 g/mol. The number of unbranched alkanes of at least 4 members (excludes halogenated alkanes) is 1. The largest absolute Gasteiger partial charge is 0.357 e. The molecule has 0 radical (unpaired) electrons. The molecule has 0 aliphatic carbocycles. The summed E-state index contributed by atoms with van der Waals surface area (Å²) in [4.78, 5) is 4.61. The van der Waals surface area contributed by atoms with Crippen LogP contribution < -0.4 is 10.6 Å². The number of hydrogen-bond acceptors (Lipinski definition) is 4.